The number of aromatic nitrogens is 2. The average molecular weight is 517 g/mol. The van der Waals surface area contributed by atoms with Crippen LogP contribution in [0.5, 0.6) is 5.75 Å². The number of hydrogen-bond acceptors (Lipinski definition) is 6. The van der Waals surface area contributed by atoms with Gasteiger partial charge in [-0.05, 0) is 60.6 Å². The Bertz CT molecular complexity index is 1490. The maximum atomic E-state index is 14.1. The minimum Gasteiger partial charge on any atom is -0.505 e. The molecular weight excluding hydrogens is 487 g/mol. The summed E-state index contributed by atoms with van der Waals surface area (Å²) in [5.74, 6) is -1.51. The van der Waals surface area contributed by atoms with E-state index >= 15 is 0 Å². The van der Waals surface area contributed by atoms with Crippen molar-refractivity contribution in [2.45, 2.75) is 39.2 Å². The molecule has 0 spiro atoms. The van der Waals surface area contributed by atoms with Crippen LogP contribution < -0.4 is 10.9 Å². The van der Waals surface area contributed by atoms with E-state index in [-0.39, 0.29) is 23.4 Å². The Balaban J connectivity index is 1.69. The minimum atomic E-state index is -3.39. The molecule has 1 aliphatic heterocycles. The van der Waals surface area contributed by atoms with E-state index in [2.05, 4.69) is 10.3 Å². The van der Waals surface area contributed by atoms with Crippen molar-refractivity contribution in [2.75, 3.05) is 18.8 Å². The van der Waals surface area contributed by atoms with E-state index in [0.717, 1.165) is 12.0 Å². The van der Waals surface area contributed by atoms with E-state index in [0.29, 0.717) is 49.0 Å². The fourth-order valence-electron chi connectivity index (χ4n) is 4.40. The van der Waals surface area contributed by atoms with Crippen LogP contribution in [0.1, 0.15) is 53.2 Å². The highest BCUT2D eigenvalue weighted by Gasteiger charge is 2.27. The molecule has 1 saturated heterocycles. The molecule has 0 saturated carbocycles. The average Bonchev–Trinajstić information content (AvgIpc) is 2.84. The summed E-state index contributed by atoms with van der Waals surface area (Å²) >= 11 is 0. The SMILES string of the molecule is CCCNC(=O)c1c(O)c2ncc(Cc3ccc(F)cc3CN3CCCCS3(=O)=O)cc2n(C)c1=O. The Morgan fingerprint density at radius 1 is 1.22 bits per heavy atom. The first-order chi connectivity index (χ1) is 17.1. The number of rotatable bonds is 7. The van der Waals surface area contributed by atoms with E-state index < -0.39 is 33.1 Å². The van der Waals surface area contributed by atoms with E-state index in [1.165, 1.54) is 34.2 Å². The van der Waals surface area contributed by atoms with Gasteiger partial charge in [-0.25, -0.2) is 12.8 Å². The molecule has 2 N–H and O–H groups in total. The molecule has 192 valence electrons. The summed E-state index contributed by atoms with van der Waals surface area (Å²) in [7, 11) is -1.89. The van der Waals surface area contributed by atoms with Crippen molar-refractivity contribution >= 4 is 27.0 Å². The number of benzene rings is 1. The molecule has 4 rings (SSSR count). The predicted octanol–water partition coefficient (Wildman–Crippen LogP) is 2.43. The normalized spacial score (nSPS) is 15.8. The summed E-state index contributed by atoms with van der Waals surface area (Å²) in [5, 5.41) is 13.3. The van der Waals surface area contributed by atoms with Crippen molar-refractivity contribution < 1.29 is 22.7 Å². The van der Waals surface area contributed by atoms with Crippen LogP contribution in [0.3, 0.4) is 0 Å². The van der Waals surface area contributed by atoms with E-state index in [1.807, 2.05) is 6.92 Å². The van der Waals surface area contributed by atoms with Crippen LogP contribution in [0.4, 0.5) is 4.39 Å². The van der Waals surface area contributed by atoms with Crippen LogP contribution in [-0.4, -0.2) is 52.1 Å². The largest absolute Gasteiger partial charge is 0.505 e. The summed E-state index contributed by atoms with van der Waals surface area (Å²) in [6.07, 6.45) is 3.88. The second-order valence-electron chi connectivity index (χ2n) is 9.00. The van der Waals surface area contributed by atoms with Crippen LogP contribution in [-0.2, 0) is 30.0 Å². The van der Waals surface area contributed by atoms with Crippen LogP contribution in [0.15, 0.2) is 35.3 Å². The molecule has 2 aromatic heterocycles. The van der Waals surface area contributed by atoms with Gasteiger partial charge in [0.2, 0.25) is 10.0 Å². The van der Waals surface area contributed by atoms with E-state index in [4.69, 9.17) is 0 Å². The number of amides is 1. The van der Waals surface area contributed by atoms with Gasteiger partial charge in [-0.3, -0.25) is 14.6 Å². The van der Waals surface area contributed by atoms with Gasteiger partial charge in [0.05, 0.1) is 11.3 Å². The lowest BCUT2D eigenvalue weighted by Gasteiger charge is -2.27. The van der Waals surface area contributed by atoms with Crippen LogP contribution >= 0.6 is 0 Å². The Morgan fingerprint density at radius 2 is 2.00 bits per heavy atom. The lowest BCUT2D eigenvalue weighted by molar-refractivity contribution is 0.0949. The third kappa shape index (κ3) is 5.12. The number of aryl methyl sites for hydroxylation is 1. The van der Waals surface area contributed by atoms with Gasteiger partial charge in [-0.1, -0.05) is 13.0 Å². The van der Waals surface area contributed by atoms with Gasteiger partial charge in [-0.2, -0.15) is 4.31 Å². The summed E-state index contributed by atoms with van der Waals surface area (Å²) in [4.78, 5) is 29.6. The summed E-state index contributed by atoms with van der Waals surface area (Å²) < 4.78 is 41.7. The highest BCUT2D eigenvalue weighted by Crippen LogP contribution is 2.27. The molecular formula is C25H29FN4O5S. The number of pyridine rings is 2. The standard InChI is InChI=1S/C25H29FN4O5S/c1-3-8-27-24(32)21-23(31)22-20(29(2)25(21)33)12-16(14-28-22)11-17-6-7-19(26)13-18(17)15-30-9-4-5-10-36(30,34)35/h6-7,12-14,31H,3-5,8-11,15H2,1-2H3,(H,27,32). The second kappa shape index (κ2) is 10.4. The quantitative estimate of drug-likeness (QED) is 0.498. The molecule has 1 aromatic carbocycles. The molecule has 0 radical (unpaired) electrons. The lowest BCUT2D eigenvalue weighted by atomic mass is 9.99. The number of nitrogens with one attached hydrogen (secondary N) is 1. The first-order valence-corrected chi connectivity index (χ1v) is 13.5. The van der Waals surface area contributed by atoms with Crippen LogP contribution in [0, 0.1) is 5.82 Å². The topological polar surface area (TPSA) is 122 Å². The van der Waals surface area contributed by atoms with Crippen molar-refractivity contribution in [3.8, 4) is 5.75 Å². The summed E-state index contributed by atoms with van der Waals surface area (Å²) in [6, 6.07) is 5.96. The van der Waals surface area contributed by atoms with Gasteiger partial charge in [0.25, 0.3) is 11.5 Å². The van der Waals surface area contributed by atoms with Crippen LogP contribution in [0.25, 0.3) is 11.0 Å². The number of fused-ring (bicyclic) bond motifs is 1. The number of nitrogens with zero attached hydrogens (tertiary/aromatic N) is 3. The zero-order valence-electron chi connectivity index (χ0n) is 20.3. The summed E-state index contributed by atoms with van der Waals surface area (Å²) in [5.41, 5.74) is 1.40. The highest BCUT2D eigenvalue weighted by molar-refractivity contribution is 7.89. The molecule has 11 heteroatoms. The molecule has 0 aliphatic carbocycles. The second-order valence-corrected chi connectivity index (χ2v) is 11.1. The van der Waals surface area contributed by atoms with Crippen molar-refractivity contribution in [2.24, 2.45) is 7.05 Å². The molecule has 0 atom stereocenters. The Kier molecular flexibility index (Phi) is 7.41. The molecule has 3 aromatic rings. The Morgan fingerprint density at radius 3 is 2.72 bits per heavy atom. The lowest BCUT2D eigenvalue weighted by Crippen LogP contribution is -2.37. The molecule has 3 heterocycles. The van der Waals surface area contributed by atoms with Gasteiger partial charge >= 0.3 is 0 Å². The molecule has 1 amide bonds. The molecule has 1 fully saturated rings. The zero-order valence-corrected chi connectivity index (χ0v) is 21.1. The van der Waals surface area contributed by atoms with Crippen molar-refractivity contribution in [3.05, 3.63) is 68.9 Å². The number of hydrogen-bond donors (Lipinski definition) is 2. The predicted molar refractivity (Wildman–Crippen MR) is 134 cm³/mol. The fraction of sp³-hybridized carbons (Fsp3) is 0.400. The molecule has 0 unspecified atom stereocenters. The third-order valence-corrected chi connectivity index (χ3v) is 8.29. The number of halogens is 1. The number of aromatic hydroxyl groups is 1. The number of sulfonamides is 1. The van der Waals surface area contributed by atoms with Gasteiger partial charge in [-0.15, -0.1) is 0 Å². The van der Waals surface area contributed by atoms with Gasteiger partial charge in [0.15, 0.2) is 5.75 Å². The Hall–Kier alpha value is -3.31. The monoisotopic (exact) mass is 516 g/mol. The van der Waals surface area contributed by atoms with Gasteiger partial charge in [0.1, 0.15) is 16.9 Å². The number of carbonyl (C=O) groups is 1. The maximum Gasteiger partial charge on any atom is 0.267 e. The zero-order chi connectivity index (χ0) is 26.0. The minimum absolute atomic E-state index is 0.0753. The summed E-state index contributed by atoms with van der Waals surface area (Å²) in [6.45, 7) is 2.71. The molecule has 1 aliphatic rings. The number of carbonyl (C=O) groups excluding carboxylic acids is 1. The smallest absolute Gasteiger partial charge is 0.267 e. The van der Waals surface area contributed by atoms with Crippen molar-refractivity contribution in [1.29, 1.82) is 0 Å². The first kappa shape index (κ1) is 25.8. The van der Waals surface area contributed by atoms with Gasteiger partial charge < -0.3 is 15.0 Å². The fourth-order valence-corrected chi connectivity index (χ4v) is 5.97. The Labute approximate surface area is 208 Å². The van der Waals surface area contributed by atoms with Crippen LogP contribution in [0.2, 0.25) is 0 Å². The molecule has 0 bridgehead atoms. The molecule has 36 heavy (non-hydrogen) atoms. The van der Waals surface area contributed by atoms with E-state index in [1.54, 1.807) is 12.1 Å². The third-order valence-electron chi connectivity index (χ3n) is 6.39. The van der Waals surface area contributed by atoms with E-state index in [9.17, 15) is 27.5 Å². The maximum absolute atomic E-state index is 14.1. The van der Waals surface area contributed by atoms with Crippen molar-refractivity contribution in [3.63, 3.8) is 0 Å². The highest BCUT2D eigenvalue weighted by atomic mass is 32.2. The van der Waals surface area contributed by atoms with Gasteiger partial charge in [0, 0.05) is 32.9 Å². The van der Waals surface area contributed by atoms with Crippen molar-refractivity contribution in [1.82, 2.24) is 19.2 Å². The first-order valence-electron chi connectivity index (χ1n) is 11.9. The molecule has 9 nitrogen and oxygen atoms in total.